The van der Waals surface area contributed by atoms with Gasteiger partial charge in [-0.3, -0.25) is 0 Å². The van der Waals surface area contributed by atoms with E-state index in [0.717, 1.165) is 5.56 Å². The number of hydrogen-bond acceptors (Lipinski definition) is 0. The van der Waals surface area contributed by atoms with Crippen molar-refractivity contribution in [3.05, 3.63) is 42.8 Å². The highest BCUT2D eigenvalue weighted by molar-refractivity contribution is 5.16. The lowest BCUT2D eigenvalue weighted by atomic mass is 10.2. The van der Waals surface area contributed by atoms with Crippen molar-refractivity contribution < 1.29 is 5.48 Å². The molecule has 1 radical (unpaired) electrons. The van der Waals surface area contributed by atoms with Gasteiger partial charge in [0.25, 0.3) is 0 Å². The van der Waals surface area contributed by atoms with E-state index in [2.05, 4.69) is 6.92 Å². The predicted molar refractivity (Wildman–Crippen MR) is 34.5 cm³/mol. The summed E-state index contributed by atoms with van der Waals surface area (Å²) in [7, 11) is 0. The smallest absolute Gasteiger partial charge is 0.0238 e. The standard InChI is InChI=1S/C7H7.H2O/c1-7-5-3-2-4-6-7;/h2-6H,1H2;1H2. The zero-order valence-electron chi connectivity index (χ0n) is 4.59. The van der Waals surface area contributed by atoms with E-state index in [9.17, 15) is 0 Å². The molecular formula is C7H9O. The van der Waals surface area contributed by atoms with Crippen LogP contribution >= 0.6 is 0 Å². The lowest BCUT2D eigenvalue weighted by molar-refractivity contribution is 0.824. The zero-order chi connectivity index (χ0) is 5.11. The van der Waals surface area contributed by atoms with Crippen molar-refractivity contribution in [2.45, 2.75) is 0 Å². The average molecular weight is 109 g/mol. The molecule has 8 heavy (non-hydrogen) atoms. The number of hydrogen-bond donors (Lipinski definition) is 0. The fraction of sp³-hybridized carbons (Fsp3) is 0. The van der Waals surface area contributed by atoms with E-state index < -0.39 is 0 Å². The molecule has 1 aromatic rings. The first kappa shape index (κ1) is 7.18. The highest BCUT2D eigenvalue weighted by Gasteiger charge is 1.72. The molecular weight excluding hydrogens is 100 g/mol. The quantitative estimate of drug-likeness (QED) is 0.477. The lowest BCUT2D eigenvalue weighted by Gasteiger charge is -1.82. The molecule has 0 bridgehead atoms. The maximum Gasteiger partial charge on any atom is -0.0238 e. The Morgan fingerprint density at radius 1 is 1.00 bits per heavy atom. The van der Waals surface area contributed by atoms with Gasteiger partial charge in [0.2, 0.25) is 0 Å². The maximum atomic E-state index is 3.72. The van der Waals surface area contributed by atoms with Crippen LogP contribution in [0.2, 0.25) is 0 Å². The van der Waals surface area contributed by atoms with Crippen LogP contribution < -0.4 is 0 Å². The molecule has 43 valence electrons. The Labute approximate surface area is 49.3 Å². The fourth-order valence-corrected chi connectivity index (χ4v) is 0.478. The van der Waals surface area contributed by atoms with Gasteiger partial charge in [-0.25, -0.2) is 0 Å². The summed E-state index contributed by atoms with van der Waals surface area (Å²) in [6.07, 6.45) is 0. The van der Waals surface area contributed by atoms with Gasteiger partial charge in [-0.1, -0.05) is 30.3 Å². The topological polar surface area (TPSA) is 31.5 Å². The Morgan fingerprint density at radius 3 is 1.75 bits per heavy atom. The zero-order valence-corrected chi connectivity index (χ0v) is 4.59. The highest BCUT2D eigenvalue weighted by atomic mass is 16.0. The molecule has 0 fully saturated rings. The number of rotatable bonds is 0. The lowest BCUT2D eigenvalue weighted by Crippen LogP contribution is -1.62. The van der Waals surface area contributed by atoms with Gasteiger partial charge in [0.05, 0.1) is 0 Å². The van der Waals surface area contributed by atoms with Crippen molar-refractivity contribution in [2.24, 2.45) is 0 Å². The first-order valence-electron chi connectivity index (χ1n) is 2.26. The predicted octanol–water partition coefficient (Wildman–Crippen LogP) is 1.04. The highest BCUT2D eigenvalue weighted by Crippen LogP contribution is 1.92. The van der Waals surface area contributed by atoms with Crippen LogP contribution in [0, 0.1) is 6.92 Å². The van der Waals surface area contributed by atoms with E-state index in [1.165, 1.54) is 0 Å². The van der Waals surface area contributed by atoms with Gasteiger partial charge in [-0.2, -0.15) is 0 Å². The molecule has 0 heterocycles. The second-order valence-corrected chi connectivity index (χ2v) is 1.49. The minimum atomic E-state index is 0. The van der Waals surface area contributed by atoms with Crippen LogP contribution in [0.25, 0.3) is 0 Å². The molecule has 1 nitrogen and oxygen atoms in total. The Morgan fingerprint density at radius 2 is 1.50 bits per heavy atom. The van der Waals surface area contributed by atoms with E-state index in [-0.39, 0.29) is 5.48 Å². The van der Waals surface area contributed by atoms with Gasteiger partial charge in [-0.05, 0) is 12.5 Å². The molecule has 0 unspecified atom stereocenters. The van der Waals surface area contributed by atoms with Crippen molar-refractivity contribution in [1.82, 2.24) is 0 Å². The largest absolute Gasteiger partial charge is 0.412 e. The Balaban J connectivity index is 0.000000490. The summed E-state index contributed by atoms with van der Waals surface area (Å²) in [5.74, 6) is 0. The molecule has 0 aromatic heterocycles. The van der Waals surface area contributed by atoms with Crippen LogP contribution in [0.3, 0.4) is 0 Å². The minimum absolute atomic E-state index is 0. The Bertz CT molecular complexity index is 134. The molecule has 0 spiro atoms. The van der Waals surface area contributed by atoms with Gasteiger partial charge in [-0.15, -0.1) is 0 Å². The van der Waals surface area contributed by atoms with E-state index in [4.69, 9.17) is 0 Å². The molecule has 0 aliphatic rings. The van der Waals surface area contributed by atoms with Crippen LogP contribution in [0.15, 0.2) is 30.3 Å². The summed E-state index contributed by atoms with van der Waals surface area (Å²) in [6, 6.07) is 9.87. The van der Waals surface area contributed by atoms with Crippen LogP contribution in [-0.4, -0.2) is 5.48 Å². The average Bonchev–Trinajstić information content (AvgIpc) is 1.69. The monoisotopic (exact) mass is 109 g/mol. The van der Waals surface area contributed by atoms with Crippen molar-refractivity contribution in [3.63, 3.8) is 0 Å². The number of benzene rings is 1. The molecule has 0 saturated heterocycles. The van der Waals surface area contributed by atoms with Gasteiger partial charge in [0.1, 0.15) is 0 Å². The van der Waals surface area contributed by atoms with Crippen molar-refractivity contribution >= 4 is 0 Å². The second-order valence-electron chi connectivity index (χ2n) is 1.49. The maximum absolute atomic E-state index is 3.72. The summed E-state index contributed by atoms with van der Waals surface area (Å²) in [5, 5.41) is 0. The third kappa shape index (κ3) is 1.76. The third-order valence-electron chi connectivity index (χ3n) is 0.843. The first-order valence-corrected chi connectivity index (χ1v) is 2.26. The summed E-state index contributed by atoms with van der Waals surface area (Å²) in [6.45, 7) is 3.72. The Kier molecular flexibility index (Phi) is 2.89. The second kappa shape index (κ2) is 3.22. The molecule has 0 aliphatic heterocycles. The van der Waals surface area contributed by atoms with Crippen LogP contribution in [-0.2, 0) is 0 Å². The van der Waals surface area contributed by atoms with Crippen molar-refractivity contribution in [2.75, 3.05) is 0 Å². The Hall–Kier alpha value is -0.820. The van der Waals surface area contributed by atoms with Gasteiger partial charge in [0.15, 0.2) is 0 Å². The van der Waals surface area contributed by atoms with Crippen LogP contribution in [0.5, 0.6) is 0 Å². The summed E-state index contributed by atoms with van der Waals surface area (Å²) < 4.78 is 0. The van der Waals surface area contributed by atoms with Crippen LogP contribution in [0.4, 0.5) is 0 Å². The molecule has 2 N–H and O–H groups in total. The van der Waals surface area contributed by atoms with E-state index >= 15 is 0 Å². The molecule has 0 amide bonds. The first-order chi connectivity index (χ1) is 3.39. The van der Waals surface area contributed by atoms with E-state index in [1.807, 2.05) is 30.3 Å². The summed E-state index contributed by atoms with van der Waals surface area (Å²) >= 11 is 0. The summed E-state index contributed by atoms with van der Waals surface area (Å²) in [5.41, 5.74) is 1.07. The fourth-order valence-electron chi connectivity index (χ4n) is 0.478. The summed E-state index contributed by atoms with van der Waals surface area (Å²) in [4.78, 5) is 0. The normalized spacial score (nSPS) is 7.62. The van der Waals surface area contributed by atoms with Gasteiger partial charge in [0, 0.05) is 0 Å². The molecule has 0 aliphatic carbocycles. The molecule has 0 saturated carbocycles. The minimum Gasteiger partial charge on any atom is -0.412 e. The van der Waals surface area contributed by atoms with E-state index in [0.29, 0.717) is 0 Å². The molecule has 0 atom stereocenters. The van der Waals surface area contributed by atoms with E-state index in [1.54, 1.807) is 0 Å². The van der Waals surface area contributed by atoms with Crippen molar-refractivity contribution in [1.29, 1.82) is 0 Å². The van der Waals surface area contributed by atoms with Crippen molar-refractivity contribution in [3.8, 4) is 0 Å². The van der Waals surface area contributed by atoms with Crippen LogP contribution in [0.1, 0.15) is 5.56 Å². The molecule has 1 aromatic carbocycles. The molecule has 1 heteroatoms. The molecule has 1 rings (SSSR count). The van der Waals surface area contributed by atoms with Gasteiger partial charge < -0.3 is 5.48 Å². The third-order valence-corrected chi connectivity index (χ3v) is 0.843. The van der Waals surface area contributed by atoms with Gasteiger partial charge >= 0.3 is 0 Å². The SMILES string of the molecule is O.[CH2]c1ccccc1.